The third kappa shape index (κ3) is 6.09. The van der Waals surface area contributed by atoms with Crippen LogP contribution in [-0.2, 0) is 0 Å². The molecule has 0 unspecified atom stereocenters. The number of ether oxygens (including phenoxy) is 1. The van der Waals surface area contributed by atoms with Crippen molar-refractivity contribution in [3.63, 3.8) is 0 Å². The lowest BCUT2D eigenvalue weighted by atomic mass is 10.0. The van der Waals surface area contributed by atoms with E-state index in [1.807, 2.05) is 24.3 Å². The summed E-state index contributed by atoms with van der Waals surface area (Å²) in [5.41, 5.74) is 1.72. The highest BCUT2D eigenvalue weighted by molar-refractivity contribution is 6.00. The Bertz CT molecular complexity index is 384. The lowest BCUT2D eigenvalue weighted by molar-refractivity contribution is 0.305. The molecule has 0 aliphatic heterocycles. The van der Waals surface area contributed by atoms with Crippen LogP contribution in [0.3, 0.4) is 0 Å². The molecule has 0 spiro atoms. The van der Waals surface area contributed by atoms with Crippen molar-refractivity contribution >= 4 is 5.71 Å². The number of nitrogens with zero attached hydrogens (tertiary/aromatic N) is 1. The molecule has 1 rings (SSSR count). The first-order valence-electron chi connectivity index (χ1n) is 7.76. The van der Waals surface area contributed by atoms with Crippen molar-refractivity contribution in [1.29, 1.82) is 0 Å². The third-order valence-corrected chi connectivity index (χ3v) is 3.34. The molecule has 0 amide bonds. The summed E-state index contributed by atoms with van der Waals surface area (Å²) in [5, 5.41) is 12.5. The van der Waals surface area contributed by atoms with Crippen molar-refractivity contribution in [1.82, 2.24) is 0 Å². The van der Waals surface area contributed by atoms with E-state index in [4.69, 9.17) is 9.94 Å². The zero-order valence-electron chi connectivity index (χ0n) is 12.8. The molecule has 1 aromatic carbocycles. The molecular weight excluding hydrogens is 250 g/mol. The summed E-state index contributed by atoms with van der Waals surface area (Å²) in [6.45, 7) is 5.11. The van der Waals surface area contributed by atoms with Crippen LogP contribution >= 0.6 is 0 Å². The van der Waals surface area contributed by atoms with Crippen LogP contribution in [-0.4, -0.2) is 17.5 Å². The van der Waals surface area contributed by atoms with Crippen molar-refractivity contribution in [2.45, 2.75) is 58.8 Å². The monoisotopic (exact) mass is 277 g/mol. The van der Waals surface area contributed by atoms with E-state index < -0.39 is 0 Å². The Kier molecular flexibility index (Phi) is 8.52. The van der Waals surface area contributed by atoms with Gasteiger partial charge in [-0.05, 0) is 49.1 Å². The largest absolute Gasteiger partial charge is 0.494 e. The zero-order chi connectivity index (χ0) is 14.6. The highest BCUT2D eigenvalue weighted by Gasteiger charge is 2.04. The Hall–Kier alpha value is -1.51. The molecule has 0 saturated heterocycles. The molecule has 1 N–H and O–H groups in total. The second kappa shape index (κ2) is 10.3. The van der Waals surface area contributed by atoms with Gasteiger partial charge in [-0.1, -0.05) is 44.7 Å². The molecule has 0 aliphatic carbocycles. The number of rotatable bonds is 10. The van der Waals surface area contributed by atoms with Gasteiger partial charge in [-0.25, -0.2) is 0 Å². The van der Waals surface area contributed by atoms with Crippen LogP contribution < -0.4 is 4.74 Å². The predicted molar refractivity (Wildman–Crippen MR) is 83.9 cm³/mol. The lowest BCUT2D eigenvalue weighted by Gasteiger charge is -2.08. The quantitative estimate of drug-likeness (QED) is 0.282. The molecule has 3 nitrogen and oxygen atoms in total. The number of benzene rings is 1. The fraction of sp³-hybridized carbons (Fsp3) is 0.588. The van der Waals surface area contributed by atoms with Crippen molar-refractivity contribution in [2.24, 2.45) is 5.16 Å². The minimum atomic E-state index is 0.751. The summed E-state index contributed by atoms with van der Waals surface area (Å²) in [6, 6.07) is 7.83. The van der Waals surface area contributed by atoms with Gasteiger partial charge in [0.1, 0.15) is 5.75 Å². The van der Waals surface area contributed by atoms with Gasteiger partial charge >= 0.3 is 0 Å². The van der Waals surface area contributed by atoms with Gasteiger partial charge in [0.25, 0.3) is 0 Å². The molecule has 1 aromatic rings. The smallest absolute Gasteiger partial charge is 0.119 e. The van der Waals surface area contributed by atoms with E-state index in [1.54, 1.807) is 0 Å². The minimum absolute atomic E-state index is 0.751. The minimum Gasteiger partial charge on any atom is -0.494 e. The third-order valence-electron chi connectivity index (χ3n) is 3.34. The van der Waals surface area contributed by atoms with E-state index in [-0.39, 0.29) is 0 Å². The Morgan fingerprint density at radius 3 is 2.30 bits per heavy atom. The van der Waals surface area contributed by atoms with Crippen LogP contribution in [0.15, 0.2) is 29.4 Å². The summed E-state index contributed by atoms with van der Waals surface area (Å²) in [7, 11) is 0. The van der Waals surface area contributed by atoms with Gasteiger partial charge in [0.15, 0.2) is 0 Å². The Labute approximate surface area is 122 Å². The van der Waals surface area contributed by atoms with Crippen LogP contribution in [0.25, 0.3) is 0 Å². The van der Waals surface area contributed by atoms with Crippen LogP contribution in [0.5, 0.6) is 5.75 Å². The van der Waals surface area contributed by atoms with E-state index in [0.717, 1.165) is 49.3 Å². The Balaban J connectivity index is 2.43. The first-order valence-corrected chi connectivity index (χ1v) is 7.76. The highest BCUT2D eigenvalue weighted by atomic mass is 16.5. The van der Waals surface area contributed by atoms with Gasteiger partial charge in [-0.15, -0.1) is 0 Å². The molecule has 0 radical (unpaired) electrons. The van der Waals surface area contributed by atoms with E-state index in [1.165, 1.54) is 19.3 Å². The average molecular weight is 277 g/mol. The maximum atomic E-state index is 9.06. The zero-order valence-corrected chi connectivity index (χ0v) is 12.8. The van der Waals surface area contributed by atoms with Crippen LogP contribution in [0.4, 0.5) is 0 Å². The van der Waals surface area contributed by atoms with Crippen molar-refractivity contribution in [3.05, 3.63) is 29.8 Å². The summed E-state index contributed by atoms with van der Waals surface area (Å²) in [4.78, 5) is 0. The molecule has 0 fully saturated rings. The second-order valence-electron chi connectivity index (χ2n) is 5.08. The summed E-state index contributed by atoms with van der Waals surface area (Å²) in [6.07, 6.45) is 7.80. The van der Waals surface area contributed by atoms with Gasteiger partial charge in [-0.3, -0.25) is 0 Å². The lowest BCUT2D eigenvalue weighted by Crippen LogP contribution is -2.02. The predicted octanol–water partition coefficient (Wildman–Crippen LogP) is 5.01. The van der Waals surface area contributed by atoms with E-state index in [9.17, 15) is 0 Å². The molecule has 3 heteroatoms. The number of hydrogen-bond donors (Lipinski definition) is 1. The maximum absolute atomic E-state index is 9.06. The number of oxime groups is 1. The van der Waals surface area contributed by atoms with Gasteiger partial charge < -0.3 is 9.94 Å². The summed E-state index contributed by atoms with van der Waals surface area (Å²) < 4.78 is 5.70. The average Bonchev–Trinajstić information content (AvgIpc) is 2.49. The summed E-state index contributed by atoms with van der Waals surface area (Å²) in [5.74, 6) is 0.887. The first-order chi connectivity index (χ1) is 9.81. The molecule has 0 saturated carbocycles. The molecule has 0 bridgehead atoms. The first kappa shape index (κ1) is 16.5. The standard InChI is InChI=1S/C17H27NO2/c1-3-5-7-8-14-20-16-12-10-15(11-13-16)17(18-19)9-6-4-2/h10-13,19H,3-9,14H2,1-2H3/b18-17-. The summed E-state index contributed by atoms with van der Waals surface area (Å²) >= 11 is 0. The molecule has 0 atom stereocenters. The fourth-order valence-electron chi connectivity index (χ4n) is 2.06. The second-order valence-corrected chi connectivity index (χ2v) is 5.08. The normalized spacial score (nSPS) is 11.6. The highest BCUT2D eigenvalue weighted by Crippen LogP contribution is 2.15. The molecular formula is C17H27NO2. The van der Waals surface area contributed by atoms with E-state index in [2.05, 4.69) is 19.0 Å². The van der Waals surface area contributed by atoms with Crippen molar-refractivity contribution < 1.29 is 9.94 Å². The van der Waals surface area contributed by atoms with E-state index in [0.29, 0.717) is 0 Å². The fourth-order valence-corrected chi connectivity index (χ4v) is 2.06. The molecule has 0 aliphatic rings. The Morgan fingerprint density at radius 1 is 1.00 bits per heavy atom. The van der Waals surface area contributed by atoms with Gasteiger partial charge in [-0.2, -0.15) is 0 Å². The van der Waals surface area contributed by atoms with Crippen molar-refractivity contribution in [2.75, 3.05) is 6.61 Å². The SMILES string of the molecule is CCCCCCOc1ccc(/C(CCCC)=N\O)cc1. The maximum Gasteiger partial charge on any atom is 0.119 e. The van der Waals surface area contributed by atoms with Crippen LogP contribution in [0.1, 0.15) is 64.4 Å². The van der Waals surface area contributed by atoms with E-state index >= 15 is 0 Å². The number of hydrogen-bond acceptors (Lipinski definition) is 3. The Morgan fingerprint density at radius 2 is 1.70 bits per heavy atom. The molecule has 112 valence electrons. The van der Waals surface area contributed by atoms with Crippen molar-refractivity contribution in [3.8, 4) is 5.75 Å². The van der Waals surface area contributed by atoms with Gasteiger partial charge in [0.05, 0.1) is 12.3 Å². The van der Waals surface area contributed by atoms with Crippen LogP contribution in [0.2, 0.25) is 0 Å². The topological polar surface area (TPSA) is 41.8 Å². The molecule has 20 heavy (non-hydrogen) atoms. The molecule has 0 heterocycles. The van der Waals surface area contributed by atoms with Gasteiger partial charge in [0.2, 0.25) is 0 Å². The number of unbranched alkanes of at least 4 members (excludes halogenated alkanes) is 4. The van der Waals surface area contributed by atoms with Gasteiger partial charge in [0, 0.05) is 0 Å². The van der Waals surface area contributed by atoms with Crippen LogP contribution in [0, 0.1) is 0 Å². The molecule has 0 aromatic heterocycles.